The minimum atomic E-state index is 0.0736. The van der Waals surface area contributed by atoms with Crippen molar-refractivity contribution in [3.63, 3.8) is 0 Å². The Balaban J connectivity index is 1.47. The van der Waals surface area contributed by atoms with Crippen LogP contribution in [-0.4, -0.2) is 0 Å². The molecule has 0 saturated heterocycles. The van der Waals surface area contributed by atoms with Gasteiger partial charge in [-0.15, -0.1) is 0 Å². The number of hydrogen-bond acceptors (Lipinski definition) is 2. The zero-order valence-electron chi connectivity index (χ0n) is 26.7. The van der Waals surface area contributed by atoms with E-state index in [1.54, 1.807) is 0 Å². The number of nitrogens with two attached hydrogens (primary N) is 2. The van der Waals surface area contributed by atoms with E-state index in [-0.39, 0.29) is 5.41 Å². The number of benzene rings is 4. The summed E-state index contributed by atoms with van der Waals surface area (Å²) in [7, 11) is 0. The maximum Gasteiger partial charge on any atom is 0.0314 e. The highest BCUT2D eigenvalue weighted by atomic mass is 14.5. The maximum atomic E-state index is 6.01. The molecule has 0 heterocycles. The van der Waals surface area contributed by atoms with Crippen molar-refractivity contribution in [1.82, 2.24) is 0 Å². The highest BCUT2D eigenvalue weighted by Crippen LogP contribution is 2.48. The standard InChI is InChI=1S/C41H52N2/c1-4-7-30-26-28-41(29-27-30,35-18-10-31(11-19-35)39(8-5-2)33-14-22-37(42)23-15-33)36-20-12-32(13-21-36)40(9-6-3)34-16-24-38(43)25-17-34/h10-25,30,39-40H,4-9,26-29,42-43H2,1-3H3. The molecule has 0 bridgehead atoms. The molecule has 0 aliphatic heterocycles. The summed E-state index contributed by atoms with van der Waals surface area (Å²) in [5.41, 5.74) is 22.3. The Morgan fingerprint density at radius 2 is 0.884 bits per heavy atom. The van der Waals surface area contributed by atoms with Gasteiger partial charge in [-0.3, -0.25) is 0 Å². The molecule has 4 aromatic rings. The van der Waals surface area contributed by atoms with Crippen LogP contribution in [0.4, 0.5) is 11.4 Å². The van der Waals surface area contributed by atoms with Gasteiger partial charge in [0.05, 0.1) is 0 Å². The van der Waals surface area contributed by atoms with Gasteiger partial charge in [-0.1, -0.05) is 119 Å². The first-order chi connectivity index (χ1) is 21.0. The van der Waals surface area contributed by atoms with Crippen molar-refractivity contribution in [2.24, 2.45) is 5.92 Å². The fourth-order valence-electron chi connectivity index (χ4n) is 7.77. The van der Waals surface area contributed by atoms with Crippen LogP contribution >= 0.6 is 0 Å². The first kappa shape index (κ1) is 30.9. The molecule has 0 radical (unpaired) electrons. The van der Waals surface area contributed by atoms with E-state index in [4.69, 9.17) is 11.5 Å². The van der Waals surface area contributed by atoms with Crippen LogP contribution in [0.15, 0.2) is 97.1 Å². The average molecular weight is 573 g/mol. The first-order valence-electron chi connectivity index (χ1n) is 16.9. The van der Waals surface area contributed by atoms with E-state index >= 15 is 0 Å². The van der Waals surface area contributed by atoms with Crippen LogP contribution in [0.2, 0.25) is 0 Å². The first-order valence-corrected chi connectivity index (χ1v) is 16.9. The number of nitrogen functional groups attached to an aromatic ring is 2. The minimum Gasteiger partial charge on any atom is -0.399 e. The third-order valence-electron chi connectivity index (χ3n) is 10.2. The van der Waals surface area contributed by atoms with Gasteiger partial charge in [0.25, 0.3) is 0 Å². The molecule has 2 unspecified atom stereocenters. The molecule has 4 aromatic carbocycles. The molecule has 5 rings (SSSR count). The van der Waals surface area contributed by atoms with E-state index in [9.17, 15) is 0 Å². The summed E-state index contributed by atoms with van der Waals surface area (Å²) in [6, 6.07) is 36.5. The van der Waals surface area contributed by atoms with E-state index in [1.807, 2.05) is 24.3 Å². The highest BCUT2D eigenvalue weighted by molar-refractivity contribution is 5.47. The second-order valence-corrected chi connectivity index (χ2v) is 13.1. The summed E-state index contributed by atoms with van der Waals surface area (Å²) in [6.07, 6.45) is 12.3. The average Bonchev–Trinajstić information content (AvgIpc) is 3.04. The van der Waals surface area contributed by atoms with Crippen LogP contribution in [0.5, 0.6) is 0 Å². The number of rotatable bonds is 12. The molecule has 226 valence electrons. The van der Waals surface area contributed by atoms with Crippen LogP contribution in [-0.2, 0) is 5.41 Å². The van der Waals surface area contributed by atoms with Gasteiger partial charge in [-0.2, -0.15) is 0 Å². The van der Waals surface area contributed by atoms with Crippen LogP contribution in [0.25, 0.3) is 0 Å². The minimum absolute atomic E-state index is 0.0736. The van der Waals surface area contributed by atoms with Crippen LogP contribution < -0.4 is 11.5 Å². The predicted molar refractivity (Wildman–Crippen MR) is 186 cm³/mol. The lowest BCUT2D eigenvalue weighted by Gasteiger charge is -2.42. The Morgan fingerprint density at radius 1 is 0.535 bits per heavy atom. The summed E-state index contributed by atoms with van der Waals surface area (Å²) in [5.74, 6) is 1.66. The van der Waals surface area contributed by atoms with Gasteiger partial charge >= 0.3 is 0 Å². The lowest BCUT2D eigenvalue weighted by Crippen LogP contribution is -2.33. The predicted octanol–water partition coefficient (Wildman–Crippen LogP) is 11.0. The molecular weight excluding hydrogens is 520 g/mol. The molecule has 1 aliphatic carbocycles. The lowest BCUT2D eigenvalue weighted by molar-refractivity contribution is 0.253. The van der Waals surface area contributed by atoms with Gasteiger partial charge in [0.15, 0.2) is 0 Å². The van der Waals surface area contributed by atoms with Gasteiger partial charge in [0, 0.05) is 28.6 Å². The van der Waals surface area contributed by atoms with Crippen molar-refractivity contribution in [2.45, 2.75) is 102 Å². The molecule has 1 saturated carbocycles. The molecule has 2 nitrogen and oxygen atoms in total. The molecule has 43 heavy (non-hydrogen) atoms. The molecule has 2 atom stereocenters. The monoisotopic (exact) mass is 572 g/mol. The Hall–Kier alpha value is -3.52. The Kier molecular flexibility index (Phi) is 10.3. The molecule has 0 aromatic heterocycles. The largest absolute Gasteiger partial charge is 0.399 e. The molecular formula is C41H52N2. The maximum absolute atomic E-state index is 6.01. The fraction of sp³-hybridized carbons (Fsp3) is 0.415. The zero-order chi connectivity index (χ0) is 30.2. The van der Waals surface area contributed by atoms with Gasteiger partial charge < -0.3 is 11.5 Å². The SMILES string of the molecule is CCCC1CCC(c2ccc(C(CCC)c3ccc(N)cc3)cc2)(c2ccc(C(CCC)c3ccc(N)cc3)cc2)CC1. The van der Waals surface area contributed by atoms with E-state index in [2.05, 4.69) is 93.6 Å². The number of anilines is 2. The van der Waals surface area contributed by atoms with Crippen LogP contribution in [0, 0.1) is 5.92 Å². The highest BCUT2D eigenvalue weighted by Gasteiger charge is 2.38. The van der Waals surface area contributed by atoms with Gasteiger partial charge in [-0.25, -0.2) is 0 Å². The van der Waals surface area contributed by atoms with Crippen LogP contribution in [0.3, 0.4) is 0 Å². The van der Waals surface area contributed by atoms with Crippen molar-refractivity contribution in [2.75, 3.05) is 11.5 Å². The molecule has 4 N–H and O–H groups in total. The molecule has 1 fully saturated rings. The molecule has 1 aliphatic rings. The lowest BCUT2D eigenvalue weighted by atomic mass is 9.62. The third-order valence-corrected chi connectivity index (χ3v) is 10.2. The summed E-state index contributed by atoms with van der Waals surface area (Å²) in [4.78, 5) is 0. The Labute approximate surface area is 260 Å². The summed E-state index contributed by atoms with van der Waals surface area (Å²) >= 11 is 0. The van der Waals surface area contributed by atoms with Gasteiger partial charge in [0.1, 0.15) is 0 Å². The van der Waals surface area contributed by atoms with Crippen molar-refractivity contribution >= 4 is 11.4 Å². The van der Waals surface area contributed by atoms with Crippen molar-refractivity contribution in [3.8, 4) is 0 Å². The second kappa shape index (κ2) is 14.3. The topological polar surface area (TPSA) is 52.0 Å². The van der Waals surface area contributed by atoms with E-state index < -0.39 is 0 Å². The quantitative estimate of drug-likeness (QED) is 0.166. The smallest absolute Gasteiger partial charge is 0.0314 e. The fourth-order valence-corrected chi connectivity index (χ4v) is 7.77. The van der Waals surface area contributed by atoms with Crippen molar-refractivity contribution in [1.29, 1.82) is 0 Å². The van der Waals surface area contributed by atoms with E-state index in [1.165, 1.54) is 71.9 Å². The molecule has 0 spiro atoms. The van der Waals surface area contributed by atoms with E-state index in [0.29, 0.717) is 11.8 Å². The van der Waals surface area contributed by atoms with E-state index in [0.717, 1.165) is 43.0 Å². The summed E-state index contributed by atoms with van der Waals surface area (Å²) in [6.45, 7) is 6.90. The third kappa shape index (κ3) is 7.01. The number of hydrogen-bond donors (Lipinski definition) is 2. The normalized spacial score (nSPS) is 20.0. The second-order valence-electron chi connectivity index (χ2n) is 13.1. The molecule has 2 heteroatoms. The van der Waals surface area contributed by atoms with Crippen molar-refractivity contribution in [3.05, 3.63) is 130 Å². The Morgan fingerprint density at radius 3 is 1.21 bits per heavy atom. The van der Waals surface area contributed by atoms with Crippen molar-refractivity contribution < 1.29 is 0 Å². The van der Waals surface area contributed by atoms with Gasteiger partial charge in [0.2, 0.25) is 0 Å². The summed E-state index contributed by atoms with van der Waals surface area (Å²) < 4.78 is 0. The zero-order valence-corrected chi connectivity index (χ0v) is 26.7. The van der Waals surface area contributed by atoms with Crippen LogP contribution in [0.1, 0.15) is 130 Å². The summed E-state index contributed by atoms with van der Waals surface area (Å²) in [5, 5.41) is 0. The molecule has 0 amide bonds. The van der Waals surface area contributed by atoms with Gasteiger partial charge in [-0.05, 0) is 102 Å². The Bertz CT molecular complexity index is 1290.